The van der Waals surface area contributed by atoms with Crippen LogP contribution in [0.4, 0.5) is 4.39 Å². The van der Waals surface area contributed by atoms with Crippen LogP contribution in [0.5, 0.6) is 5.75 Å². The molecule has 38 heavy (non-hydrogen) atoms. The van der Waals surface area contributed by atoms with Crippen molar-refractivity contribution in [3.05, 3.63) is 60.9 Å². The highest BCUT2D eigenvalue weighted by molar-refractivity contribution is 7.19. The summed E-state index contributed by atoms with van der Waals surface area (Å²) >= 11 is 0.945. The first-order valence-electron chi connectivity index (χ1n) is 12.0. The Morgan fingerprint density at radius 1 is 1.34 bits per heavy atom. The molecule has 0 bridgehead atoms. The Kier molecular flexibility index (Phi) is 7.73. The van der Waals surface area contributed by atoms with Crippen LogP contribution in [0.15, 0.2) is 27.8 Å². The van der Waals surface area contributed by atoms with Gasteiger partial charge in [-0.25, -0.2) is 18.5 Å². The predicted octanol–water partition coefficient (Wildman–Crippen LogP) is 3.31. The number of carbonyl (C=O) groups is 1. The van der Waals surface area contributed by atoms with Crippen LogP contribution >= 0.6 is 11.3 Å². The molecule has 0 saturated carbocycles. The number of fused-ring (bicyclic) bond motifs is 1. The number of nitriles is 1. The zero-order valence-electron chi connectivity index (χ0n) is 21.4. The molecule has 3 heterocycles. The van der Waals surface area contributed by atoms with Crippen molar-refractivity contribution in [2.75, 3.05) is 20.3 Å². The van der Waals surface area contributed by atoms with Gasteiger partial charge in [-0.05, 0) is 51.3 Å². The Morgan fingerprint density at radius 3 is 2.63 bits per heavy atom. The van der Waals surface area contributed by atoms with Crippen LogP contribution in [0.3, 0.4) is 0 Å². The first-order chi connectivity index (χ1) is 18.0. The number of benzene rings is 1. The second-order valence-electron chi connectivity index (χ2n) is 9.54. The Balaban J connectivity index is 2.00. The summed E-state index contributed by atoms with van der Waals surface area (Å²) < 4.78 is 34.3. The fourth-order valence-electron chi connectivity index (χ4n) is 4.62. The van der Waals surface area contributed by atoms with Gasteiger partial charge in [0.15, 0.2) is 0 Å². The molecule has 0 spiro atoms. The third-order valence-electron chi connectivity index (χ3n) is 6.82. The number of halogens is 1. The maximum absolute atomic E-state index is 15.3. The number of hydrogen-bond donors (Lipinski definition) is 1. The minimum absolute atomic E-state index is 0.0609. The Hall–Kier alpha value is -3.53. The maximum Gasteiger partial charge on any atom is 0.333 e. The summed E-state index contributed by atoms with van der Waals surface area (Å²) in [4.78, 5) is 39.8. The summed E-state index contributed by atoms with van der Waals surface area (Å²) in [5, 5.41) is 19.5. The highest BCUT2D eigenvalue weighted by Gasteiger charge is 2.36. The van der Waals surface area contributed by atoms with Crippen LogP contribution in [0.25, 0.3) is 10.2 Å². The number of thiophene rings is 1. The average molecular weight is 546 g/mol. The van der Waals surface area contributed by atoms with Gasteiger partial charge in [0.1, 0.15) is 39.0 Å². The standard InChI is InChI=1S/C26H28FN3O7S/c1-14-19(12-28)38-23-20(14)22(31)30(26(2,3)24(32)33)25(34)29(23)13-18(37-15-8-10-36-11-9-15)21-16(27)6-5-7-17(21)35-4/h5-7,15,18H,8-11,13H2,1-4H3,(H,32,33). The number of carboxylic acid groups (broad SMARTS) is 1. The number of methoxy groups -OCH3 is 1. The molecule has 3 aromatic rings. The molecule has 0 amide bonds. The Morgan fingerprint density at radius 2 is 2.03 bits per heavy atom. The molecule has 1 atom stereocenters. The van der Waals surface area contributed by atoms with Gasteiger partial charge in [0.25, 0.3) is 5.56 Å². The molecule has 0 aliphatic carbocycles. The fourth-order valence-corrected chi connectivity index (χ4v) is 5.72. The van der Waals surface area contributed by atoms with Crippen LogP contribution in [0.2, 0.25) is 0 Å². The van der Waals surface area contributed by atoms with Crippen molar-refractivity contribution in [2.24, 2.45) is 0 Å². The van der Waals surface area contributed by atoms with Crippen molar-refractivity contribution in [3.63, 3.8) is 0 Å². The third kappa shape index (κ3) is 4.73. The number of aliphatic carboxylic acids is 1. The largest absolute Gasteiger partial charge is 0.496 e. The molecule has 1 unspecified atom stereocenters. The van der Waals surface area contributed by atoms with Crippen molar-refractivity contribution in [1.29, 1.82) is 5.26 Å². The van der Waals surface area contributed by atoms with E-state index < -0.39 is 34.7 Å². The summed E-state index contributed by atoms with van der Waals surface area (Å²) in [7, 11) is 1.39. The van der Waals surface area contributed by atoms with Gasteiger partial charge in [-0.2, -0.15) is 5.26 Å². The number of carboxylic acids is 1. The normalized spacial score (nSPS) is 15.4. The average Bonchev–Trinajstić information content (AvgIpc) is 3.22. The van der Waals surface area contributed by atoms with E-state index in [0.717, 1.165) is 11.3 Å². The predicted molar refractivity (Wildman–Crippen MR) is 137 cm³/mol. The van der Waals surface area contributed by atoms with Crippen molar-refractivity contribution in [3.8, 4) is 11.8 Å². The molecular formula is C26H28FN3O7S. The SMILES string of the molecule is COc1cccc(F)c1C(Cn1c(=O)n(C(C)(C)C(=O)O)c(=O)c2c(C)c(C#N)sc21)OC1CCOCC1. The minimum atomic E-state index is -1.90. The van der Waals surface area contributed by atoms with E-state index in [1.165, 1.54) is 37.7 Å². The summed E-state index contributed by atoms with van der Waals surface area (Å²) in [5.74, 6) is -1.78. The first-order valence-corrected chi connectivity index (χ1v) is 12.8. The quantitative estimate of drug-likeness (QED) is 0.456. The van der Waals surface area contributed by atoms with E-state index in [1.807, 2.05) is 6.07 Å². The molecule has 1 saturated heterocycles. The van der Waals surface area contributed by atoms with Gasteiger partial charge in [0, 0.05) is 13.2 Å². The van der Waals surface area contributed by atoms with E-state index in [0.29, 0.717) is 36.2 Å². The summed E-state index contributed by atoms with van der Waals surface area (Å²) in [5.41, 5.74) is -3.19. The zero-order chi connectivity index (χ0) is 27.8. The molecule has 12 heteroatoms. The van der Waals surface area contributed by atoms with Gasteiger partial charge < -0.3 is 19.3 Å². The van der Waals surface area contributed by atoms with Crippen molar-refractivity contribution < 1.29 is 28.5 Å². The molecule has 1 aliphatic heterocycles. The van der Waals surface area contributed by atoms with E-state index in [2.05, 4.69) is 0 Å². The second-order valence-corrected chi connectivity index (χ2v) is 10.5. The van der Waals surface area contributed by atoms with E-state index in [9.17, 15) is 24.8 Å². The maximum atomic E-state index is 15.3. The molecule has 1 N–H and O–H groups in total. The summed E-state index contributed by atoms with van der Waals surface area (Å²) in [6.07, 6.45) is -0.230. The number of aromatic nitrogens is 2. The number of nitrogens with zero attached hydrogens (tertiary/aromatic N) is 3. The van der Waals surface area contributed by atoms with Crippen LogP contribution in [0, 0.1) is 24.1 Å². The van der Waals surface area contributed by atoms with Gasteiger partial charge in [0.05, 0.1) is 30.7 Å². The molecular weight excluding hydrogens is 517 g/mol. The molecule has 1 aliphatic rings. The molecule has 10 nitrogen and oxygen atoms in total. The Bertz CT molecular complexity index is 1540. The van der Waals surface area contributed by atoms with Crippen LogP contribution in [-0.2, 0) is 26.4 Å². The lowest BCUT2D eigenvalue weighted by Gasteiger charge is -2.30. The molecule has 4 rings (SSSR count). The highest BCUT2D eigenvalue weighted by atomic mass is 32.1. The van der Waals surface area contributed by atoms with E-state index in [1.54, 1.807) is 13.0 Å². The van der Waals surface area contributed by atoms with Gasteiger partial charge in [0.2, 0.25) is 0 Å². The number of ether oxygens (including phenoxy) is 3. The van der Waals surface area contributed by atoms with Crippen LogP contribution < -0.4 is 16.0 Å². The molecule has 202 valence electrons. The number of rotatable bonds is 8. The van der Waals surface area contributed by atoms with E-state index in [4.69, 9.17) is 14.2 Å². The van der Waals surface area contributed by atoms with Gasteiger partial charge in [-0.15, -0.1) is 11.3 Å². The summed E-state index contributed by atoms with van der Waals surface area (Å²) in [6, 6.07) is 6.36. The highest BCUT2D eigenvalue weighted by Crippen LogP contribution is 2.35. The van der Waals surface area contributed by atoms with E-state index in [-0.39, 0.29) is 39.1 Å². The topological polar surface area (TPSA) is 133 Å². The molecule has 1 aromatic carbocycles. The van der Waals surface area contributed by atoms with Gasteiger partial charge >= 0.3 is 11.7 Å². The van der Waals surface area contributed by atoms with Crippen LogP contribution in [0.1, 0.15) is 48.8 Å². The van der Waals surface area contributed by atoms with Gasteiger partial charge in [-0.1, -0.05) is 6.07 Å². The Labute approximate surface area is 221 Å². The summed E-state index contributed by atoms with van der Waals surface area (Å²) in [6.45, 7) is 4.73. The third-order valence-corrected chi connectivity index (χ3v) is 8.04. The van der Waals surface area contributed by atoms with E-state index >= 15 is 4.39 Å². The van der Waals surface area contributed by atoms with Crippen LogP contribution in [-0.4, -0.2) is 46.6 Å². The monoisotopic (exact) mass is 545 g/mol. The smallest absolute Gasteiger partial charge is 0.333 e. The lowest BCUT2D eigenvalue weighted by molar-refractivity contribution is -0.146. The number of aryl methyl sites for hydroxylation is 1. The fraction of sp³-hybridized carbons (Fsp3) is 0.462. The first kappa shape index (κ1) is 27.5. The van der Waals surface area contributed by atoms with Crippen molar-refractivity contribution >= 4 is 27.5 Å². The van der Waals surface area contributed by atoms with Gasteiger partial charge in [-0.3, -0.25) is 9.36 Å². The molecule has 2 aromatic heterocycles. The molecule has 1 fully saturated rings. The van der Waals surface area contributed by atoms with Crippen molar-refractivity contribution in [1.82, 2.24) is 9.13 Å². The zero-order valence-corrected chi connectivity index (χ0v) is 22.3. The molecule has 0 radical (unpaired) electrons. The van der Waals surface area contributed by atoms with Crippen molar-refractivity contribution in [2.45, 2.75) is 57.9 Å². The minimum Gasteiger partial charge on any atom is -0.496 e. The number of hydrogen-bond acceptors (Lipinski definition) is 8. The lowest BCUT2D eigenvalue weighted by atomic mass is 10.0. The lowest BCUT2D eigenvalue weighted by Crippen LogP contribution is -2.52. The second kappa shape index (κ2) is 10.7.